The zero-order valence-corrected chi connectivity index (χ0v) is 13.2. The van der Waals surface area contributed by atoms with Crippen LogP contribution in [0.2, 0.25) is 0 Å². The first kappa shape index (κ1) is 14.7. The number of hydrogen-bond donors (Lipinski definition) is 0. The highest BCUT2D eigenvalue weighted by molar-refractivity contribution is 5.72. The second kappa shape index (κ2) is 5.74. The van der Waals surface area contributed by atoms with E-state index in [0.29, 0.717) is 0 Å². The van der Waals surface area contributed by atoms with Crippen molar-refractivity contribution in [3.63, 3.8) is 0 Å². The topological polar surface area (TPSA) is 12.5 Å². The van der Waals surface area contributed by atoms with Crippen molar-refractivity contribution in [2.45, 2.75) is 27.2 Å². The number of likely N-dealkylation sites (N-methyl/N-ethyl adjacent to an activating group) is 1. The second-order valence-electron chi connectivity index (χ2n) is 6.38. The van der Waals surface area contributed by atoms with Crippen molar-refractivity contribution in [1.82, 2.24) is 4.90 Å². The molecule has 108 valence electrons. The maximum Gasteiger partial charge on any atom is 0.118 e. The molecule has 1 aliphatic heterocycles. The van der Waals surface area contributed by atoms with Gasteiger partial charge in [-0.05, 0) is 41.2 Å². The van der Waals surface area contributed by atoms with Crippen LogP contribution >= 0.6 is 0 Å². The third-order valence-electron chi connectivity index (χ3n) is 3.76. The molecule has 0 bridgehead atoms. The lowest BCUT2D eigenvalue weighted by Gasteiger charge is -2.25. The van der Waals surface area contributed by atoms with Crippen LogP contribution in [0.5, 0.6) is 5.75 Å². The molecule has 2 heteroatoms. The van der Waals surface area contributed by atoms with Crippen molar-refractivity contribution >= 4 is 5.57 Å². The molecule has 0 amide bonds. The summed E-state index contributed by atoms with van der Waals surface area (Å²) in [6.45, 7) is 7.90. The molecular weight excluding hydrogens is 246 g/mol. The van der Waals surface area contributed by atoms with E-state index < -0.39 is 0 Å². The van der Waals surface area contributed by atoms with Crippen LogP contribution in [0, 0.1) is 5.41 Å². The van der Waals surface area contributed by atoms with Gasteiger partial charge in [0.05, 0.1) is 7.11 Å². The number of allylic oxidation sites excluding steroid dienone is 2. The minimum Gasteiger partial charge on any atom is -0.497 e. The SMILES string of the molecule is COc1ccc(/C(=C\C2=CCCN2C)C(C)(C)C)cc1. The monoisotopic (exact) mass is 271 g/mol. The van der Waals surface area contributed by atoms with Gasteiger partial charge in [-0.15, -0.1) is 0 Å². The minimum absolute atomic E-state index is 0.110. The van der Waals surface area contributed by atoms with Crippen LogP contribution in [-0.2, 0) is 0 Å². The van der Waals surface area contributed by atoms with Gasteiger partial charge in [0.25, 0.3) is 0 Å². The molecule has 1 heterocycles. The molecule has 0 unspecified atom stereocenters. The molecule has 0 atom stereocenters. The van der Waals surface area contributed by atoms with E-state index in [-0.39, 0.29) is 5.41 Å². The first-order valence-corrected chi connectivity index (χ1v) is 7.20. The number of hydrogen-bond acceptors (Lipinski definition) is 2. The van der Waals surface area contributed by atoms with Crippen LogP contribution in [0.15, 0.2) is 42.1 Å². The fourth-order valence-electron chi connectivity index (χ4n) is 2.51. The summed E-state index contributed by atoms with van der Waals surface area (Å²) >= 11 is 0. The van der Waals surface area contributed by atoms with Crippen molar-refractivity contribution in [3.05, 3.63) is 47.7 Å². The lowest BCUT2D eigenvalue weighted by atomic mass is 9.81. The number of methoxy groups -OCH3 is 1. The second-order valence-corrected chi connectivity index (χ2v) is 6.38. The van der Waals surface area contributed by atoms with E-state index in [1.54, 1.807) is 7.11 Å². The highest BCUT2D eigenvalue weighted by Gasteiger charge is 2.20. The first-order chi connectivity index (χ1) is 9.41. The largest absolute Gasteiger partial charge is 0.497 e. The predicted molar refractivity (Wildman–Crippen MR) is 85.8 cm³/mol. The normalized spacial score (nSPS) is 16.4. The van der Waals surface area contributed by atoms with Gasteiger partial charge in [0.1, 0.15) is 5.75 Å². The van der Waals surface area contributed by atoms with E-state index in [4.69, 9.17) is 4.74 Å². The molecule has 0 saturated heterocycles. The third kappa shape index (κ3) is 3.24. The standard InChI is InChI=1S/C18H25NO/c1-18(2,3)17(13-15-7-6-12-19(15)4)14-8-10-16(20-5)11-9-14/h7-11,13H,6,12H2,1-5H3/b17-13+. The maximum absolute atomic E-state index is 5.25. The number of benzene rings is 1. The summed E-state index contributed by atoms with van der Waals surface area (Å²) in [6, 6.07) is 8.35. The molecule has 20 heavy (non-hydrogen) atoms. The molecule has 0 spiro atoms. The summed E-state index contributed by atoms with van der Waals surface area (Å²) in [6.07, 6.45) is 5.78. The van der Waals surface area contributed by atoms with Crippen LogP contribution in [0.25, 0.3) is 5.57 Å². The molecule has 2 nitrogen and oxygen atoms in total. The average Bonchev–Trinajstić information content (AvgIpc) is 2.80. The Hall–Kier alpha value is -1.70. The molecular formula is C18H25NO. The lowest BCUT2D eigenvalue weighted by Crippen LogP contribution is -2.14. The number of nitrogens with zero attached hydrogens (tertiary/aromatic N) is 1. The summed E-state index contributed by atoms with van der Waals surface area (Å²) in [7, 11) is 3.86. The quantitative estimate of drug-likeness (QED) is 0.810. The number of ether oxygens (including phenoxy) is 1. The Morgan fingerprint density at radius 1 is 1.20 bits per heavy atom. The molecule has 2 rings (SSSR count). The van der Waals surface area contributed by atoms with Crippen molar-refractivity contribution < 1.29 is 4.74 Å². The fourth-order valence-corrected chi connectivity index (χ4v) is 2.51. The lowest BCUT2D eigenvalue weighted by molar-refractivity contribution is 0.414. The minimum atomic E-state index is 0.110. The average molecular weight is 271 g/mol. The fraction of sp³-hybridized carbons (Fsp3) is 0.444. The molecule has 0 radical (unpaired) electrons. The van der Waals surface area contributed by atoms with Crippen LogP contribution in [-0.4, -0.2) is 25.6 Å². The Balaban J connectivity index is 2.39. The van der Waals surface area contributed by atoms with E-state index in [2.05, 4.69) is 57.0 Å². The molecule has 0 aliphatic carbocycles. The van der Waals surface area contributed by atoms with Crippen LogP contribution in [0.3, 0.4) is 0 Å². The van der Waals surface area contributed by atoms with Gasteiger partial charge in [-0.25, -0.2) is 0 Å². The Morgan fingerprint density at radius 2 is 1.85 bits per heavy atom. The van der Waals surface area contributed by atoms with Crippen molar-refractivity contribution in [2.24, 2.45) is 5.41 Å². The molecule has 0 aromatic heterocycles. The highest BCUT2D eigenvalue weighted by atomic mass is 16.5. The predicted octanol–water partition coefficient (Wildman–Crippen LogP) is 4.34. The highest BCUT2D eigenvalue weighted by Crippen LogP contribution is 2.36. The third-order valence-corrected chi connectivity index (χ3v) is 3.76. The van der Waals surface area contributed by atoms with Gasteiger partial charge in [-0.1, -0.05) is 39.0 Å². The van der Waals surface area contributed by atoms with E-state index in [1.165, 1.54) is 16.8 Å². The van der Waals surface area contributed by atoms with Gasteiger partial charge in [0, 0.05) is 19.3 Å². The van der Waals surface area contributed by atoms with Crippen molar-refractivity contribution in [1.29, 1.82) is 0 Å². The zero-order chi connectivity index (χ0) is 14.8. The summed E-state index contributed by atoms with van der Waals surface area (Å²) in [5.41, 5.74) is 4.06. The summed E-state index contributed by atoms with van der Waals surface area (Å²) < 4.78 is 5.25. The van der Waals surface area contributed by atoms with Crippen LogP contribution < -0.4 is 4.74 Å². The molecule has 0 saturated carbocycles. The first-order valence-electron chi connectivity index (χ1n) is 7.20. The summed E-state index contributed by atoms with van der Waals surface area (Å²) in [4.78, 5) is 2.31. The van der Waals surface area contributed by atoms with Crippen LogP contribution in [0.1, 0.15) is 32.8 Å². The van der Waals surface area contributed by atoms with Gasteiger partial charge >= 0.3 is 0 Å². The molecule has 0 fully saturated rings. The van der Waals surface area contributed by atoms with E-state index >= 15 is 0 Å². The van der Waals surface area contributed by atoms with Crippen LogP contribution in [0.4, 0.5) is 0 Å². The summed E-state index contributed by atoms with van der Waals surface area (Å²) in [5, 5.41) is 0. The number of rotatable bonds is 3. The maximum atomic E-state index is 5.25. The van der Waals surface area contributed by atoms with Crippen molar-refractivity contribution in [2.75, 3.05) is 20.7 Å². The smallest absolute Gasteiger partial charge is 0.118 e. The molecule has 1 aromatic carbocycles. The van der Waals surface area contributed by atoms with Gasteiger partial charge in [0.15, 0.2) is 0 Å². The van der Waals surface area contributed by atoms with E-state index in [9.17, 15) is 0 Å². The summed E-state index contributed by atoms with van der Waals surface area (Å²) in [5.74, 6) is 0.902. The van der Waals surface area contributed by atoms with Crippen molar-refractivity contribution in [3.8, 4) is 5.75 Å². The van der Waals surface area contributed by atoms with Gasteiger partial charge < -0.3 is 9.64 Å². The Labute approximate surface area is 122 Å². The van der Waals surface area contributed by atoms with Gasteiger partial charge in [-0.2, -0.15) is 0 Å². The van der Waals surface area contributed by atoms with E-state index in [0.717, 1.165) is 18.7 Å². The molecule has 0 N–H and O–H groups in total. The van der Waals surface area contributed by atoms with Gasteiger partial charge in [-0.3, -0.25) is 0 Å². The Kier molecular flexibility index (Phi) is 4.22. The van der Waals surface area contributed by atoms with E-state index in [1.807, 2.05) is 12.1 Å². The zero-order valence-electron chi connectivity index (χ0n) is 13.2. The molecule has 1 aromatic rings. The Bertz CT molecular complexity index is 517. The Morgan fingerprint density at radius 3 is 2.30 bits per heavy atom. The molecule has 1 aliphatic rings. The van der Waals surface area contributed by atoms with Gasteiger partial charge in [0.2, 0.25) is 0 Å².